The second kappa shape index (κ2) is 7.47. The maximum Gasteiger partial charge on any atom is 0.341 e. The Balaban J connectivity index is 2.20. The van der Waals surface area contributed by atoms with Crippen LogP contribution in [0.15, 0.2) is 53.5 Å². The van der Waals surface area contributed by atoms with Gasteiger partial charge >= 0.3 is 5.97 Å². The summed E-state index contributed by atoms with van der Waals surface area (Å²) >= 11 is 5.58. The van der Waals surface area contributed by atoms with Gasteiger partial charge in [-0.25, -0.2) is 9.79 Å². The summed E-state index contributed by atoms with van der Waals surface area (Å²) in [6.45, 7) is 0. The Kier molecular flexibility index (Phi) is 5.38. The molecular formula is C16H15ClN2O3. The van der Waals surface area contributed by atoms with Crippen molar-refractivity contribution in [1.82, 2.24) is 0 Å². The molecule has 2 aromatic carbocycles. The Morgan fingerprint density at radius 3 is 2.50 bits per heavy atom. The molecule has 0 saturated heterocycles. The lowest BCUT2D eigenvalue weighted by atomic mass is 10.2. The van der Waals surface area contributed by atoms with Crippen LogP contribution in [0.25, 0.3) is 0 Å². The second-order valence-corrected chi connectivity index (χ2v) is 4.59. The number of alkyl halides is 1. The molecule has 0 aliphatic heterocycles. The molecule has 5 nitrogen and oxygen atoms in total. The highest BCUT2D eigenvalue weighted by atomic mass is 35.5. The monoisotopic (exact) mass is 318 g/mol. The zero-order valence-corrected chi connectivity index (χ0v) is 12.7. The first-order valence-electron chi connectivity index (χ1n) is 6.48. The topological polar surface area (TPSA) is 73.9 Å². The number of nitrogens with two attached hydrogens (primary N) is 1. The van der Waals surface area contributed by atoms with Gasteiger partial charge in [-0.15, -0.1) is 11.6 Å². The lowest BCUT2D eigenvalue weighted by molar-refractivity contribution is 0.0598. The van der Waals surface area contributed by atoms with Crippen LogP contribution in [0.4, 0.5) is 5.69 Å². The maximum atomic E-state index is 11.7. The Morgan fingerprint density at radius 1 is 1.18 bits per heavy atom. The quantitative estimate of drug-likeness (QED) is 0.396. The first kappa shape index (κ1) is 15.9. The van der Waals surface area contributed by atoms with E-state index in [1.165, 1.54) is 7.11 Å². The van der Waals surface area contributed by atoms with Gasteiger partial charge in [0.15, 0.2) is 0 Å². The number of nitrogens with zero attached hydrogens (tertiary/aromatic N) is 1. The fourth-order valence-electron chi connectivity index (χ4n) is 1.75. The van der Waals surface area contributed by atoms with E-state index in [1.807, 2.05) is 0 Å². The normalized spacial score (nSPS) is 11.1. The predicted molar refractivity (Wildman–Crippen MR) is 86.3 cm³/mol. The molecule has 6 heteroatoms. The van der Waals surface area contributed by atoms with Crippen LogP contribution in [0, 0.1) is 0 Å². The maximum absolute atomic E-state index is 11.7. The zero-order chi connectivity index (χ0) is 15.9. The number of hydrogen-bond donors (Lipinski definition) is 1. The van der Waals surface area contributed by atoms with Crippen LogP contribution in [-0.2, 0) is 4.74 Å². The number of rotatable bonds is 5. The summed E-state index contributed by atoms with van der Waals surface area (Å²) in [6.07, 6.45) is 0. The van der Waals surface area contributed by atoms with Crippen molar-refractivity contribution in [2.24, 2.45) is 10.7 Å². The molecule has 0 atom stereocenters. The Hall–Kier alpha value is -2.53. The molecule has 0 saturated carbocycles. The van der Waals surface area contributed by atoms with Gasteiger partial charge in [0.25, 0.3) is 0 Å². The van der Waals surface area contributed by atoms with Crippen molar-refractivity contribution < 1.29 is 14.3 Å². The number of hydrogen-bond acceptors (Lipinski definition) is 4. The van der Waals surface area contributed by atoms with E-state index >= 15 is 0 Å². The molecule has 0 unspecified atom stereocenters. The molecule has 0 aliphatic carbocycles. The summed E-state index contributed by atoms with van der Waals surface area (Å²) in [7, 11) is 1.33. The van der Waals surface area contributed by atoms with Gasteiger partial charge in [-0.2, -0.15) is 0 Å². The van der Waals surface area contributed by atoms with Crippen LogP contribution in [-0.4, -0.2) is 24.8 Å². The number of carbonyl (C=O) groups is 1. The van der Waals surface area contributed by atoms with Gasteiger partial charge < -0.3 is 15.2 Å². The Bertz CT molecular complexity index is 684. The average molecular weight is 319 g/mol. The number of amidine groups is 1. The molecule has 0 bridgehead atoms. The number of aliphatic imine (C=N–C) groups is 1. The molecular weight excluding hydrogens is 304 g/mol. The van der Waals surface area contributed by atoms with E-state index in [9.17, 15) is 4.79 Å². The van der Waals surface area contributed by atoms with Gasteiger partial charge in [0.2, 0.25) is 0 Å². The molecule has 0 heterocycles. The molecule has 0 radical (unpaired) electrons. The molecule has 2 N–H and O–H groups in total. The van der Waals surface area contributed by atoms with Crippen molar-refractivity contribution in [1.29, 1.82) is 0 Å². The molecule has 0 aliphatic rings. The highest BCUT2D eigenvalue weighted by Gasteiger charge is 2.12. The van der Waals surface area contributed by atoms with Gasteiger partial charge in [-0.1, -0.05) is 12.1 Å². The fraction of sp³-hybridized carbons (Fsp3) is 0.125. The van der Waals surface area contributed by atoms with E-state index in [-0.39, 0.29) is 5.88 Å². The number of esters is 1. The summed E-state index contributed by atoms with van der Waals surface area (Å²) in [5, 5.41) is 0. The van der Waals surface area contributed by atoms with Crippen LogP contribution in [0.3, 0.4) is 0 Å². The number of ether oxygens (including phenoxy) is 2. The lowest BCUT2D eigenvalue weighted by Crippen LogP contribution is -2.12. The third kappa shape index (κ3) is 3.99. The van der Waals surface area contributed by atoms with E-state index in [0.29, 0.717) is 28.6 Å². The highest BCUT2D eigenvalue weighted by Crippen LogP contribution is 2.27. The van der Waals surface area contributed by atoms with Gasteiger partial charge in [0.1, 0.15) is 22.9 Å². The standard InChI is InChI=1S/C16H15ClN2O3/c1-21-16(20)13-4-2-3-5-14(13)22-12-8-6-11(7-9-12)19-15(18)10-17/h2-9H,10H2,1H3,(H2,18,19). The molecule has 2 rings (SSSR count). The van der Waals surface area contributed by atoms with Crippen molar-refractivity contribution in [3.8, 4) is 11.5 Å². The predicted octanol–water partition coefficient (Wildman–Crippen LogP) is 3.49. The lowest BCUT2D eigenvalue weighted by Gasteiger charge is -2.09. The minimum atomic E-state index is -0.452. The zero-order valence-electron chi connectivity index (χ0n) is 12.0. The number of benzene rings is 2. The van der Waals surface area contributed by atoms with Crippen LogP contribution in [0.2, 0.25) is 0 Å². The second-order valence-electron chi connectivity index (χ2n) is 4.32. The molecule has 0 amide bonds. The molecule has 0 fully saturated rings. The van der Waals surface area contributed by atoms with Crippen LogP contribution < -0.4 is 10.5 Å². The van der Waals surface area contributed by atoms with Crippen molar-refractivity contribution in [3.05, 3.63) is 54.1 Å². The molecule has 114 valence electrons. The van der Waals surface area contributed by atoms with Crippen molar-refractivity contribution in [2.75, 3.05) is 13.0 Å². The largest absolute Gasteiger partial charge is 0.465 e. The van der Waals surface area contributed by atoms with Crippen molar-refractivity contribution in [2.45, 2.75) is 0 Å². The van der Waals surface area contributed by atoms with Crippen LogP contribution in [0.5, 0.6) is 11.5 Å². The fourth-order valence-corrected chi connectivity index (χ4v) is 1.81. The first-order chi connectivity index (χ1) is 10.6. The van der Waals surface area contributed by atoms with E-state index in [1.54, 1.807) is 48.5 Å². The van der Waals surface area contributed by atoms with E-state index in [4.69, 9.17) is 26.8 Å². The third-order valence-electron chi connectivity index (χ3n) is 2.77. The van der Waals surface area contributed by atoms with E-state index in [2.05, 4.69) is 4.99 Å². The summed E-state index contributed by atoms with van der Waals surface area (Å²) < 4.78 is 10.4. The average Bonchev–Trinajstić information content (AvgIpc) is 2.56. The third-order valence-corrected chi connectivity index (χ3v) is 3.04. The van der Waals surface area contributed by atoms with Crippen molar-refractivity contribution in [3.63, 3.8) is 0 Å². The number of para-hydroxylation sites is 1. The SMILES string of the molecule is COC(=O)c1ccccc1Oc1ccc(N=C(N)CCl)cc1. The Labute approximate surface area is 133 Å². The summed E-state index contributed by atoms with van der Waals surface area (Å²) in [5.74, 6) is 1.05. The number of carbonyl (C=O) groups excluding carboxylic acids is 1. The molecule has 22 heavy (non-hydrogen) atoms. The first-order valence-corrected chi connectivity index (χ1v) is 7.01. The number of methoxy groups -OCH3 is 1. The summed E-state index contributed by atoms with van der Waals surface area (Å²) in [4.78, 5) is 15.8. The van der Waals surface area contributed by atoms with Gasteiger partial charge in [-0.3, -0.25) is 0 Å². The molecule has 0 spiro atoms. The summed E-state index contributed by atoms with van der Waals surface area (Å²) in [5.41, 5.74) is 6.60. The minimum absolute atomic E-state index is 0.171. The molecule has 2 aromatic rings. The van der Waals surface area contributed by atoms with Gasteiger partial charge in [0.05, 0.1) is 18.7 Å². The summed E-state index contributed by atoms with van der Waals surface area (Å²) in [6, 6.07) is 13.8. The minimum Gasteiger partial charge on any atom is -0.465 e. The van der Waals surface area contributed by atoms with Crippen LogP contribution >= 0.6 is 11.6 Å². The number of halogens is 1. The highest BCUT2D eigenvalue weighted by molar-refractivity contribution is 6.28. The Morgan fingerprint density at radius 2 is 1.86 bits per heavy atom. The molecule has 0 aromatic heterocycles. The smallest absolute Gasteiger partial charge is 0.341 e. The van der Waals surface area contributed by atoms with Gasteiger partial charge in [0, 0.05) is 0 Å². The van der Waals surface area contributed by atoms with Crippen LogP contribution in [0.1, 0.15) is 10.4 Å². The van der Waals surface area contributed by atoms with E-state index in [0.717, 1.165) is 0 Å². The van der Waals surface area contributed by atoms with Gasteiger partial charge in [-0.05, 0) is 36.4 Å². The van der Waals surface area contributed by atoms with E-state index < -0.39 is 5.97 Å². The van der Waals surface area contributed by atoms with Crippen molar-refractivity contribution >= 4 is 29.1 Å².